The number of hydrogen-bond donors (Lipinski definition) is 5. The van der Waals surface area contributed by atoms with Crippen molar-refractivity contribution in [3.63, 3.8) is 0 Å². The Morgan fingerprint density at radius 1 is 0.605 bits per heavy atom. The normalized spacial score (nSPS) is 11.9. The second-order valence-electron chi connectivity index (χ2n) is 8.15. The van der Waals surface area contributed by atoms with E-state index >= 15 is 0 Å². The highest BCUT2D eigenvalue weighted by atomic mass is 32.3. The monoisotopic (exact) mass is 589 g/mol. The Balaban J connectivity index is 5.24. The fraction of sp³-hybridized carbons (Fsp3) is 0.700. The first-order valence-electron chi connectivity index (χ1n) is 11.3. The first-order chi connectivity index (χ1) is 17.4. The molecule has 0 aliphatic carbocycles. The van der Waals surface area contributed by atoms with Crippen molar-refractivity contribution in [2.45, 2.75) is 87.5 Å². The minimum absolute atomic E-state index is 0.0419. The summed E-state index contributed by atoms with van der Waals surface area (Å²) in [5.41, 5.74) is 0. The van der Waals surface area contributed by atoms with Crippen LogP contribution in [0.4, 0.5) is 0 Å². The molecular formula is C20H31NO15S2. The minimum atomic E-state index is -6.14. The van der Waals surface area contributed by atoms with E-state index in [0.29, 0.717) is 38.5 Å². The van der Waals surface area contributed by atoms with Crippen LogP contribution < -0.4 is 0 Å². The van der Waals surface area contributed by atoms with E-state index in [9.17, 15) is 49.9 Å². The fourth-order valence-corrected chi connectivity index (χ4v) is 5.26. The van der Waals surface area contributed by atoms with Crippen LogP contribution in [0.2, 0.25) is 0 Å². The van der Waals surface area contributed by atoms with Crippen LogP contribution in [0.5, 0.6) is 0 Å². The Morgan fingerprint density at radius 2 is 0.947 bits per heavy atom. The van der Waals surface area contributed by atoms with Crippen LogP contribution in [0.3, 0.4) is 0 Å². The average Bonchev–Trinajstić information content (AvgIpc) is 2.74. The molecule has 38 heavy (non-hydrogen) atoms. The summed E-state index contributed by atoms with van der Waals surface area (Å²) in [6.45, 7) is 0. The molecule has 0 amide bonds. The SMILES string of the molecule is N=C(CC(C(=O)OC(=O)CCCCCCC(=O)O)(S(=O)(=O)O)S(=O)(=O)O)OC(=O)CCCCCCC(=O)O. The van der Waals surface area contributed by atoms with E-state index in [2.05, 4.69) is 9.47 Å². The Kier molecular flexibility index (Phi) is 14.8. The summed E-state index contributed by atoms with van der Waals surface area (Å²) in [4.78, 5) is 57.1. The molecule has 0 unspecified atom stereocenters. The number of ether oxygens (including phenoxy) is 2. The highest BCUT2D eigenvalue weighted by Gasteiger charge is 2.64. The van der Waals surface area contributed by atoms with Gasteiger partial charge in [0.25, 0.3) is 20.2 Å². The molecule has 0 aromatic rings. The number of esters is 3. The Morgan fingerprint density at radius 3 is 1.29 bits per heavy atom. The minimum Gasteiger partial charge on any atom is -0.481 e. The van der Waals surface area contributed by atoms with Crippen LogP contribution in [-0.4, -0.2) is 76.0 Å². The quantitative estimate of drug-likeness (QED) is 0.0354. The maximum Gasteiger partial charge on any atom is 0.356 e. The first kappa shape index (κ1) is 35.0. The molecule has 5 N–H and O–H groups in total. The highest BCUT2D eigenvalue weighted by molar-refractivity contribution is 8.06. The summed E-state index contributed by atoms with van der Waals surface area (Å²) in [5.74, 6) is -8.51. The van der Waals surface area contributed by atoms with E-state index in [-0.39, 0.29) is 32.1 Å². The molecule has 0 saturated heterocycles. The van der Waals surface area contributed by atoms with Crippen LogP contribution in [0, 0.1) is 5.41 Å². The van der Waals surface area contributed by atoms with Crippen LogP contribution in [0.15, 0.2) is 0 Å². The third-order valence-corrected chi connectivity index (χ3v) is 8.58. The molecule has 0 atom stereocenters. The lowest BCUT2D eigenvalue weighted by molar-refractivity contribution is -0.160. The van der Waals surface area contributed by atoms with Gasteiger partial charge in [-0.05, 0) is 25.7 Å². The standard InChI is InChI=1S/C20H31NO15S2/c21-14(35-17(26)11-7-3-1-5-9-15(22)23)13-20(37(29,30)31,38(32,33)34)19(28)36-18(27)12-8-4-2-6-10-16(24)25/h21H,1-13H2,(H,22,23)(H,24,25)(H,29,30,31)(H,32,33,34). The average molecular weight is 590 g/mol. The molecular weight excluding hydrogens is 558 g/mol. The van der Waals surface area contributed by atoms with Gasteiger partial charge in [-0.25, -0.2) is 4.79 Å². The number of carboxylic acid groups (broad SMARTS) is 2. The van der Waals surface area contributed by atoms with Gasteiger partial charge in [-0.15, -0.1) is 0 Å². The first-order valence-corrected chi connectivity index (χ1v) is 14.2. The van der Waals surface area contributed by atoms with Crippen molar-refractivity contribution in [1.29, 1.82) is 5.41 Å². The number of nitrogens with one attached hydrogen (secondary N) is 1. The summed E-state index contributed by atoms with van der Waals surface area (Å²) >= 11 is 0. The predicted molar refractivity (Wildman–Crippen MR) is 126 cm³/mol. The van der Waals surface area contributed by atoms with Crippen LogP contribution in [-0.2, 0) is 53.7 Å². The van der Waals surface area contributed by atoms with Crippen molar-refractivity contribution in [3.05, 3.63) is 0 Å². The molecule has 0 aromatic carbocycles. The molecule has 0 aromatic heterocycles. The lowest BCUT2D eigenvalue weighted by Gasteiger charge is -2.24. The Bertz CT molecular complexity index is 1060. The number of carbonyl (C=O) groups is 5. The topological polar surface area (TPSA) is 277 Å². The number of unbranched alkanes of at least 4 members (excludes halogenated alkanes) is 6. The van der Waals surface area contributed by atoms with Crippen molar-refractivity contribution in [2.24, 2.45) is 0 Å². The van der Waals surface area contributed by atoms with E-state index in [0.717, 1.165) is 0 Å². The van der Waals surface area contributed by atoms with Crippen LogP contribution in [0.25, 0.3) is 0 Å². The maximum absolute atomic E-state index is 12.5. The lowest BCUT2D eigenvalue weighted by Crippen LogP contribution is -2.55. The zero-order chi connectivity index (χ0) is 29.6. The number of hydrogen-bond acceptors (Lipinski definition) is 12. The summed E-state index contributed by atoms with van der Waals surface area (Å²) in [6.07, 6.45) is -0.600. The highest BCUT2D eigenvalue weighted by Crippen LogP contribution is 2.30. The smallest absolute Gasteiger partial charge is 0.356 e. The van der Waals surface area contributed by atoms with Gasteiger partial charge in [-0.3, -0.25) is 33.7 Å². The summed E-state index contributed by atoms with van der Waals surface area (Å²) in [5, 5.41) is 24.7. The zero-order valence-electron chi connectivity index (χ0n) is 20.3. The van der Waals surface area contributed by atoms with E-state index in [1.807, 2.05) is 0 Å². The molecule has 0 rings (SSSR count). The van der Waals surface area contributed by atoms with Gasteiger partial charge < -0.3 is 19.7 Å². The third kappa shape index (κ3) is 12.5. The van der Waals surface area contributed by atoms with Crippen molar-refractivity contribution in [2.75, 3.05) is 0 Å². The van der Waals surface area contributed by atoms with Gasteiger partial charge in [0.2, 0.25) is 0 Å². The Hall–Kier alpha value is -2.96. The largest absolute Gasteiger partial charge is 0.481 e. The van der Waals surface area contributed by atoms with Gasteiger partial charge >= 0.3 is 33.9 Å². The molecule has 18 heteroatoms. The Labute approximate surface area is 218 Å². The van der Waals surface area contributed by atoms with Gasteiger partial charge in [0.05, 0.1) is 6.42 Å². The van der Waals surface area contributed by atoms with Gasteiger partial charge in [-0.2, -0.15) is 16.8 Å². The van der Waals surface area contributed by atoms with E-state index in [1.54, 1.807) is 0 Å². The maximum atomic E-state index is 12.5. The van der Waals surface area contributed by atoms with Gasteiger partial charge in [-0.1, -0.05) is 25.7 Å². The molecule has 0 saturated carbocycles. The van der Waals surface area contributed by atoms with Crippen molar-refractivity contribution in [3.8, 4) is 0 Å². The molecule has 0 spiro atoms. The number of rotatable bonds is 19. The molecule has 218 valence electrons. The fourth-order valence-electron chi connectivity index (χ4n) is 3.06. The predicted octanol–water partition coefficient (Wildman–Crippen LogP) is 1.29. The van der Waals surface area contributed by atoms with Gasteiger partial charge in [0, 0.05) is 25.7 Å². The van der Waals surface area contributed by atoms with Crippen molar-refractivity contribution in [1.82, 2.24) is 0 Å². The number of aliphatic carboxylic acids is 2. The third-order valence-electron chi connectivity index (χ3n) is 5.02. The van der Waals surface area contributed by atoms with E-state index < -0.39 is 72.9 Å². The molecule has 0 heterocycles. The molecule has 0 fully saturated rings. The number of carbonyl (C=O) groups excluding carboxylic acids is 3. The van der Waals surface area contributed by atoms with Crippen molar-refractivity contribution < 1.29 is 69.6 Å². The molecule has 16 nitrogen and oxygen atoms in total. The van der Waals surface area contributed by atoms with Gasteiger partial charge in [0.15, 0.2) is 5.90 Å². The second-order valence-corrected chi connectivity index (χ2v) is 11.7. The summed E-state index contributed by atoms with van der Waals surface area (Å²) < 4.78 is 71.1. The van der Waals surface area contributed by atoms with Crippen molar-refractivity contribution >= 4 is 56.0 Å². The summed E-state index contributed by atoms with van der Waals surface area (Å²) in [6, 6.07) is 0. The van der Waals surface area contributed by atoms with E-state index in [1.165, 1.54) is 0 Å². The van der Waals surface area contributed by atoms with Crippen LogP contribution >= 0.6 is 0 Å². The van der Waals surface area contributed by atoms with Gasteiger partial charge in [0.1, 0.15) is 0 Å². The molecule has 0 bridgehead atoms. The second kappa shape index (κ2) is 16.1. The summed E-state index contributed by atoms with van der Waals surface area (Å²) in [7, 11) is -12.3. The molecule has 0 aliphatic rings. The zero-order valence-corrected chi connectivity index (χ0v) is 21.9. The number of carboxylic acids is 2. The van der Waals surface area contributed by atoms with E-state index in [4.69, 9.17) is 15.6 Å². The molecule has 0 aliphatic heterocycles. The molecule has 0 radical (unpaired) electrons. The van der Waals surface area contributed by atoms with Crippen LogP contribution in [0.1, 0.15) is 83.5 Å². The lowest BCUT2D eigenvalue weighted by atomic mass is 10.1.